The lowest BCUT2D eigenvalue weighted by molar-refractivity contribution is 0.435. The summed E-state index contributed by atoms with van der Waals surface area (Å²) in [6.07, 6.45) is 5.58. The molecule has 1 aliphatic carbocycles. The average molecular weight is 311 g/mol. The molecule has 0 amide bonds. The van der Waals surface area contributed by atoms with E-state index in [2.05, 4.69) is 14.8 Å². The standard InChI is InChI=1S/C17H17N3OS/c1-18-15-14(12-8-4-2-5-9-12)19-17(20-16(15)21)22-13-10-6-3-7-11-13/h3,6-7,10-12H,2,4-5,8-9H2,(H,19,20,21). The fraction of sp³-hybridized carbons (Fsp3) is 0.353. The molecule has 0 bridgehead atoms. The van der Waals surface area contributed by atoms with Crippen LogP contribution in [0.4, 0.5) is 5.69 Å². The van der Waals surface area contributed by atoms with E-state index >= 15 is 0 Å². The lowest BCUT2D eigenvalue weighted by Gasteiger charge is -2.22. The Balaban J connectivity index is 1.97. The third-order valence-corrected chi connectivity index (χ3v) is 4.86. The van der Waals surface area contributed by atoms with E-state index in [4.69, 9.17) is 6.57 Å². The smallest absolute Gasteiger partial charge is 0.271 e. The highest BCUT2D eigenvalue weighted by atomic mass is 32.2. The van der Waals surface area contributed by atoms with Crippen LogP contribution < -0.4 is 5.56 Å². The third-order valence-electron chi connectivity index (χ3n) is 3.96. The number of aromatic amines is 1. The summed E-state index contributed by atoms with van der Waals surface area (Å²) in [6.45, 7) is 7.29. The van der Waals surface area contributed by atoms with Gasteiger partial charge >= 0.3 is 0 Å². The van der Waals surface area contributed by atoms with E-state index in [-0.39, 0.29) is 17.2 Å². The second-order valence-corrected chi connectivity index (χ2v) is 6.53. The molecule has 0 unspecified atom stereocenters. The van der Waals surface area contributed by atoms with E-state index < -0.39 is 0 Å². The molecule has 1 saturated carbocycles. The minimum atomic E-state index is -0.316. The molecule has 1 aromatic heterocycles. The minimum absolute atomic E-state index is 0.171. The van der Waals surface area contributed by atoms with Crippen molar-refractivity contribution in [3.8, 4) is 0 Å². The van der Waals surface area contributed by atoms with Crippen LogP contribution in [-0.4, -0.2) is 9.97 Å². The molecule has 1 aromatic carbocycles. The van der Waals surface area contributed by atoms with E-state index in [0.29, 0.717) is 10.9 Å². The van der Waals surface area contributed by atoms with Gasteiger partial charge in [0.25, 0.3) is 11.2 Å². The van der Waals surface area contributed by atoms with Crippen molar-refractivity contribution in [3.05, 3.63) is 57.8 Å². The van der Waals surface area contributed by atoms with Crippen molar-refractivity contribution in [2.24, 2.45) is 0 Å². The van der Waals surface area contributed by atoms with Gasteiger partial charge in [0, 0.05) is 4.90 Å². The van der Waals surface area contributed by atoms with Crippen molar-refractivity contribution in [2.75, 3.05) is 0 Å². The summed E-state index contributed by atoms with van der Waals surface area (Å²) in [5.41, 5.74) is 0.546. The SMILES string of the molecule is [C-]#[N+]c1c(C2CCCCC2)nc(Sc2ccccc2)[nH]c1=O. The molecule has 0 spiro atoms. The summed E-state index contributed by atoms with van der Waals surface area (Å²) in [4.78, 5) is 24.0. The Hall–Kier alpha value is -2.06. The number of hydrogen-bond donors (Lipinski definition) is 1. The van der Waals surface area contributed by atoms with Crippen LogP contribution in [-0.2, 0) is 0 Å². The fourth-order valence-corrected chi connectivity index (χ4v) is 3.68. The van der Waals surface area contributed by atoms with Gasteiger partial charge in [0.2, 0.25) is 0 Å². The van der Waals surface area contributed by atoms with Crippen LogP contribution in [0.3, 0.4) is 0 Å². The zero-order valence-corrected chi connectivity index (χ0v) is 13.0. The van der Waals surface area contributed by atoms with E-state index in [0.717, 1.165) is 30.6 Å². The first-order valence-corrected chi connectivity index (χ1v) is 8.34. The first-order chi connectivity index (χ1) is 10.8. The maximum Gasteiger partial charge on any atom is 0.271 e. The lowest BCUT2D eigenvalue weighted by Crippen LogP contribution is -2.15. The number of nitrogens with zero attached hydrogens (tertiary/aromatic N) is 2. The molecule has 1 heterocycles. The molecule has 22 heavy (non-hydrogen) atoms. The number of aromatic nitrogens is 2. The van der Waals surface area contributed by atoms with Gasteiger partial charge in [0.15, 0.2) is 5.16 Å². The second kappa shape index (κ2) is 6.80. The van der Waals surface area contributed by atoms with Crippen molar-refractivity contribution < 1.29 is 0 Å². The lowest BCUT2D eigenvalue weighted by atomic mass is 9.86. The molecular weight excluding hydrogens is 294 g/mol. The second-order valence-electron chi connectivity index (χ2n) is 5.47. The van der Waals surface area contributed by atoms with Crippen molar-refractivity contribution in [3.63, 3.8) is 0 Å². The van der Waals surface area contributed by atoms with Crippen LogP contribution in [0.25, 0.3) is 4.85 Å². The van der Waals surface area contributed by atoms with Crippen LogP contribution >= 0.6 is 11.8 Å². The van der Waals surface area contributed by atoms with Crippen LogP contribution in [0, 0.1) is 6.57 Å². The van der Waals surface area contributed by atoms with Gasteiger partial charge in [0.05, 0.1) is 12.3 Å². The van der Waals surface area contributed by atoms with Crippen molar-refractivity contribution in [2.45, 2.75) is 48.1 Å². The van der Waals surface area contributed by atoms with Gasteiger partial charge in [-0.25, -0.2) is 9.83 Å². The molecule has 1 aliphatic rings. The Labute approximate surface area is 133 Å². The Kier molecular flexibility index (Phi) is 4.59. The molecule has 0 saturated heterocycles. The van der Waals surface area contributed by atoms with Crippen LogP contribution in [0.15, 0.2) is 45.2 Å². The molecule has 1 N–H and O–H groups in total. The average Bonchev–Trinajstić information content (AvgIpc) is 2.56. The number of hydrogen-bond acceptors (Lipinski definition) is 3. The largest absolute Gasteiger partial charge is 0.310 e. The normalized spacial score (nSPS) is 15.4. The molecule has 2 aromatic rings. The Morgan fingerprint density at radius 2 is 1.91 bits per heavy atom. The molecule has 112 valence electrons. The zero-order valence-electron chi connectivity index (χ0n) is 12.2. The maximum absolute atomic E-state index is 12.2. The van der Waals surface area contributed by atoms with E-state index in [9.17, 15) is 4.79 Å². The summed E-state index contributed by atoms with van der Waals surface area (Å²) >= 11 is 1.43. The van der Waals surface area contributed by atoms with Gasteiger partial charge in [-0.05, 0) is 30.9 Å². The fourth-order valence-electron chi connectivity index (χ4n) is 2.88. The summed E-state index contributed by atoms with van der Waals surface area (Å²) in [5, 5.41) is 0.573. The predicted octanol–water partition coefficient (Wildman–Crippen LogP) is 4.52. The molecule has 5 heteroatoms. The summed E-state index contributed by atoms with van der Waals surface area (Å²) in [5.74, 6) is 0.246. The highest BCUT2D eigenvalue weighted by Gasteiger charge is 2.23. The monoisotopic (exact) mass is 311 g/mol. The van der Waals surface area contributed by atoms with Crippen LogP contribution in [0.2, 0.25) is 0 Å². The highest BCUT2D eigenvalue weighted by Crippen LogP contribution is 2.36. The van der Waals surface area contributed by atoms with Gasteiger partial charge in [-0.1, -0.05) is 49.2 Å². The maximum atomic E-state index is 12.2. The molecule has 4 nitrogen and oxygen atoms in total. The summed E-state index contributed by atoms with van der Waals surface area (Å²) in [7, 11) is 0. The highest BCUT2D eigenvalue weighted by molar-refractivity contribution is 7.99. The van der Waals surface area contributed by atoms with Crippen molar-refractivity contribution in [1.29, 1.82) is 0 Å². The number of rotatable bonds is 3. The minimum Gasteiger partial charge on any atom is -0.310 e. The molecule has 0 aliphatic heterocycles. The quantitative estimate of drug-likeness (QED) is 0.670. The van der Waals surface area contributed by atoms with Crippen molar-refractivity contribution in [1.82, 2.24) is 9.97 Å². The summed E-state index contributed by atoms with van der Waals surface area (Å²) in [6, 6.07) is 9.82. The van der Waals surface area contributed by atoms with E-state index in [1.807, 2.05) is 30.3 Å². The van der Waals surface area contributed by atoms with E-state index in [1.54, 1.807) is 0 Å². The number of H-pyrrole nitrogens is 1. The van der Waals surface area contributed by atoms with Gasteiger partial charge in [-0.15, -0.1) is 0 Å². The van der Waals surface area contributed by atoms with E-state index in [1.165, 1.54) is 18.2 Å². The molecule has 0 radical (unpaired) electrons. The number of nitrogens with one attached hydrogen (secondary N) is 1. The number of benzene rings is 1. The van der Waals surface area contributed by atoms with Gasteiger partial charge in [-0.3, -0.25) is 4.79 Å². The first kappa shape index (κ1) is 14.9. The zero-order chi connectivity index (χ0) is 15.4. The molecule has 1 fully saturated rings. The van der Waals surface area contributed by atoms with Gasteiger partial charge < -0.3 is 4.98 Å². The topological polar surface area (TPSA) is 50.1 Å². The van der Waals surface area contributed by atoms with Gasteiger partial charge in [-0.2, -0.15) is 0 Å². The Morgan fingerprint density at radius 3 is 2.59 bits per heavy atom. The molecular formula is C17H17N3OS. The van der Waals surface area contributed by atoms with Gasteiger partial charge in [0.1, 0.15) is 0 Å². The predicted molar refractivity (Wildman–Crippen MR) is 87.5 cm³/mol. The van der Waals surface area contributed by atoms with Crippen LogP contribution in [0.5, 0.6) is 0 Å². The summed E-state index contributed by atoms with van der Waals surface area (Å²) < 4.78 is 0. The third kappa shape index (κ3) is 3.23. The Morgan fingerprint density at radius 1 is 1.18 bits per heavy atom. The molecule has 0 atom stereocenters. The Bertz CT molecular complexity index is 743. The van der Waals surface area contributed by atoms with Crippen LogP contribution in [0.1, 0.15) is 43.7 Å². The first-order valence-electron chi connectivity index (χ1n) is 7.52. The van der Waals surface area contributed by atoms with Crippen molar-refractivity contribution >= 4 is 17.4 Å². The molecule has 3 rings (SSSR count).